The summed E-state index contributed by atoms with van der Waals surface area (Å²) in [4.78, 5) is 35.9. The quantitative estimate of drug-likeness (QED) is 0.0145. The van der Waals surface area contributed by atoms with Gasteiger partial charge in [-0.2, -0.15) is 0 Å². The van der Waals surface area contributed by atoms with E-state index in [0.717, 1.165) is 51.4 Å². The van der Waals surface area contributed by atoms with Crippen molar-refractivity contribution in [3.05, 3.63) is 85.1 Å². The SMILES string of the molecule is CC/C=C\C/C=C\C/C=C\C/C=C\C/C=C\C/C=C\CCC(=O)OC(COC(=O)CCCCCCCCCCCCC/C=C\CCCCCCCCCC)COP(=O)(O)OC1C(O)C(O)C(O)C(O)C1O. The lowest BCUT2D eigenvalue weighted by Gasteiger charge is -2.41. The van der Waals surface area contributed by atoms with Gasteiger partial charge in [0.1, 0.15) is 43.2 Å². The zero-order valence-corrected chi connectivity index (χ0v) is 44.6. The van der Waals surface area contributed by atoms with Crippen molar-refractivity contribution in [3.8, 4) is 0 Å². The van der Waals surface area contributed by atoms with Crippen molar-refractivity contribution in [3.63, 3.8) is 0 Å². The second kappa shape index (κ2) is 45.6. The lowest BCUT2D eigenvalue weighted by molar-refractivity contribution is -0.220. The number of phosphoric ester groups is 1. The van der Waals surface area contributed by atoms with Crippen LogP contribution in [0, 0.1) is 0 Å². The molecule has 6 unspecified atom stereocenters. The average molecular weight is 1020 g/mol. The molecule has 6 N–H and O–H groups in total. The lowest BCUT2D eigenvalue weighted by atomic mass is 9.85. The maximum absolute atomic E-state index is 12.9. The third kappa shape index (κ3) is 37.4. The second-order valence-corrected chi connectivity index (χ2v) is 20.1. The summed E-state index contributed by atoms with van der Waals surface area (Å²) in [6.45, 7) is 3.15. The zero-order chi connectivity index (χ0) is 52.1. The van der Waals surface area contributed by atoms with Crippen molar-refractivity contribution in [1.29, 1.82) is 0 Å². The molecule has 1 aliphatic rings. The van der Waals surface area contributed by atoms with Crippen LogP contribution < -0.4 is 0 Å². The molecule has 0 saturated heterocycles. The van der Waals surface area contributed by atoms with Crippen LogP contribution in [0.25, 0.3) is 0 Å². The Bertz CT molecular complexity index is 1560. The first-order chi connectivity index (χ1) is 34.4. The van der Waals surface area contributed by atoms with Crippen LogP contribution >= 0.6 is 7.82 Å². The molecule has 13 nitrogen and oxygen atoms in total. The fraction of sp³-hybridized carbons (Fsp3) is 0.719. The van der Waals surface area contributed by atoms with Crippen molar-refractivity contribution in [2.75, 3.05) is 13.2 Å². The molecule has 1 fully saturated rings. The van der Waals surface area contributed by atoms with Gasteiger partial charge in [0, 0.05) is 12.8 Å². The summed E-state index contributed by atoms with van der Waals surface area (Å²) < 4.78 is 33.6. The minimum atomic E-state index is -5.15. The van der Waals surface area contributed by atoms with Gasteiger partial charge in [0.05, 0.1) is 6.61 Å². The molecule has 0 spiro atoms. The number of phosphoric acid groups is 1. The van der Waals surface area contributed by atoms with Crippen molar-refractivity contribution in [2.24, 2.45) is 0 Å². The molecule has 0 heterocycles. The van der Waals surface area contributed by atoms with Gasteiger partial charge in [0.25, 0.3) is 0 Å². The van der Waals surface area contributed by atoms with Gasteiger partial charge in [-0.3, -0.25) is 18.6 Å². The summed E-state index contributed by atoms with van der Waals surface area (Å²) in [6, 6.07) is 0. The first-order valence-corrected chi connectivity index (χ1v) is 28.9. The van der Waals surface area contributed by atoms with Crippen LogP contribution in [-0.4, -0.2) is 98.3 Å². The highest BCUT2D eigenvalue weighted by molar-refractivity contribution is 7.47. The summed E-state index contributed by atoms with van der Waals surface area (Å²) in [5.74, 6) is -1.20. The fourth-order valence-corrected chi connectivity index (χ4v) is 8.87. The number of unbranched alkanes of at least 4 members (excludes halogenated alkanes) is 19. The Balaban J connectivity index is 2.40. The molecule has 1 saturated carbocycles. The van der Waals surface area contributed by atoms with Crippen LogP contribution in [0.1, 0.15) is 206 Å². The zero-order valence-electron chi connectivity index (χ0n) is 43.7. The Morgan fingerprint density at radius 1 is 0.451 bits per heavy atom. The molecule has 0 bridgehead atoms. The van der Waals surface area contributed by atoms with Crippen molar-refractivity contribution >= 4 is 19.8 Å². The number of aliphatic hydroxyl groups excluding tert-OH is 5. The molecule has 71 heavy (non-hydrogen) atoms. The molecule has 0 amide bonds. The van der Waals surface area contributed by atoms with Gasteiger partial charge in [-0.15, -0.1) is 0 Å². The van der Waals surface area contributed by atoms with Gasteiger partial charge in [0.15, 0.2) is 6.10 Å². The highest BCUT2D eigenvalue weighted by Crippen LogP contribution is 2.47. The number of hydrogen-bond acceptors (Lipinski definition) is 12. The van der Waals surface area contributed by atoms with Crippen LogP contribution in [0.15, 0.2) is 85.1 Å². The average Bonchev–Trinajstić information content (AvgIpc) is 3.35. The fourth-order valence-electron chi connectivity index (χ4n) is 7.90. The predicted octanol–water partition coefficient (Wildman–Crippen LogP) is 12.4. The van der Waals surface area contributed by atoms with Gasteiger partial charge in [-0.1, -0.05) is 202 Å². The van der Waals surface area contributed by atoms with Crippen LogP contribution in [0.3, 0.4) is 0 Å². The number of aliphatic hydroxyl groups is 5. The number of carbonyl (C=O) groups is 2. The van der Waals surface area contributed by atoms with Crippen molar-refractivity contribution in [1.82, 2.24) is 0 Å². The van der Waals surface area contributed by atoms with E-state index >= 15 is 0 Å². The summed E-state index contributed by atoms with van der Waals surface area (Å²) in [5.41, 5.74) is 0. The Kier molecular flexibility index (Phi) is 42.4. The van der Waals surface area contributed by atoms with E-state index in [1.807, 2.05) is 18.2 Å². The maximum atomic E-state index is 12.9. The van der Waals surface area contributed by atoms with Gasteiger partial charge >= 0.3 is 19.8 Å². The Hall–Kier alpha value is -2.97. The van der Waals surface area contributed by atoms with Crippen LogP contribution in [-0.2, 0) is 32.7 Å². The third-order valence-electron chi connectivity index (χ3n) is 12.2. The smallest absolute Gasteiger partial charge is 0.462 e. The molecule has 1 aliphatic carbocycles. The first kappa shape index (κ1) is 66.0. The number of hydrogen-bond donors (Lipinski definition) is 6. The highest BCUT2D eigenvalue weighted by atomic mass is 31.2. The molecule has 0 aliphatic heterocycles. The topological polar surface area (TPSA) is 210 Å². The molecule has 0 aromatic carbocycles. The molecular formula is C57H97O13P. The van der Waals surface area contributed by atoms with E-state index in [1.54, 1.807) is 0 Å². The van der Waals surface area contributed by atoms with Gasteiger partial charge < -0.3 is 39.9 Å². The number of esters is 2. The number of allylic oxidation sites excluding steroid dienone is 14. The van der Waals surface area contributed by atoms with E-state index in [1.165, 1.54) is 109 Å². The summed E-state index contributed by atoms with van der Waals surface area (Å²) in [7, 11) is -5.15. The maximum Gasteiger partial charge on any atom is 0.472 e. The molecule has 408 valence electrons. The third-order valence-corrected chi connectivity index (χ3v) is 13.2. The van der Waals surface area contributed by atoms with E-state index in [4.69, 9.17) is 18.5 Å². The predicted molar refractivity (Wildman–Crippen MR) is 285 cm³/mol. The largest absolute Gasteiger partial charge is 0.472 e. The molecule has 0 aromatic heterocycles. The minimum absolute atomic E-state index is 0.0320. The molecule has 0 radical (unpaired) electrons. The van der Waals surface area contributed by atoms with Gasteiger partial charge in [-0.25, -0.2) is 4.57 Å². The highest BCUT2D eigenvalue weighted by Gasteiger charge is 2.51. The van der Waals surface area contributed by atoms with E-state index < -0.39 is 75.7 Å². The van der Waals surface area contributed by atoms with E-state index in [-0.39, 0.29) is 12.8 Å². The molecule has 14 heteroatoms. The minimum Gasteiger partial charge on any atom is -0.462 e. The Morgan fingerprint density at radius 2 is 0.831 bits per heavy atom. The van der Waals surface area contributed by atoms with Gasteiger partial charge in [0.2, 0.25) is 0 Å². The van der Waals surface area contributed by atoms with Gasteiger partial charge in [-0.05, 0) is 77.0 Å². The first-order valence-electron chi connectivity index (χ1n) is 27.4. The number of carbonyl (C=O) groups excluding carboxylic acids is 2. The van der Waals surface area contributed by atoms with E-state index in [0.29, 0.717) is 19.3 Å². The molecular weight excluding hydrogens is 924 g/mol. The standard InChI is InChI=1S/C57H97O13P/c1-3-5-7-9-11-13-15-17-19-21-23-24-25-26-28-29-31-33-35-37-39-41-43-45-50(58)67-47-49(48-68-71(65,66)70-57-55(63)53(61)52(60)54(62)56(57)64)69-51(59)46-44-42-40-38-36-34-32-30-27-22-20-18-16-14-12-10-8-6-4-2/h6,8,12,14,18,20-21,23,27,30,34,36,40,42,49,52-57,60-64H,3-5,7,9-11,13,15-17,19,22,24-26,28-29,31-33,35,37-39,41,43-48H2,1-2H3,(H,65,66)/b8-6-,14-12-,20-18-,23-21-,30-27-,36-34-,42-40-. The lowest BCUT2D eigenvalue weighted by Crippen LogP contribution is -2.64. The number of rotatable bonds is 45. The second-order valence-electron chi connectivity index (χ2n) is 18.7. The summed E-state index contributed by atoms with van der Waals surface area (Å²) >= 11 is 0. The van der Waals surface area contributed by atoms with Crippen LogP contribution in [0.5, 0.6) is 0 Å². The Morgan fingerprint density at radius 3 is 1.28 bits per heavy atom. The molecule has 1 rings (SSSR count). The van der Waals surface area contributed by atoms with Crippen LogP contribution in [0.4, 0.5) is 0 Å². The normalized spacial score (nSPS) is 21.3. The summed E-state index contributed by atoms with van der Waals surface area (Å²) in [5, 5.41) is 50.3. The van der Waals surface area contributed by atoms with E-state index in [9.17, 15) is 44.6 Å². The van der Waals surface area contributed by atoms with Crippen molar-refractivity contribution in [2.45, 2.75) is 249 Å². The molecule has 0 aromatic rings. The summed E-state index contributed by atoms with van der Waals surface area (Å²) in [6.07, 6.45) is 47.9. The van der Waals surface area contributed by atoms with Crippen molar-refractivity contribution < 1.29 is 63.1 Å². The van der Waals surface area contributed by atoms with Crippen LogP contribution in [0.2, 0.25) is 0 Å². The molecule has 6 atom stereocenters. The monoisotopic (exact) mass is 1020 g/mol. The Labute approximate surface area is 428 Å². The van der Waals surface area contributed by atoms with E-state index in [2.05, 4.69) is 80.7 Å². The number of ether oxygens (including phenoxy) is 2.